The van der Waals surface area contributed by atoms with Crippen LogP contribution in [0.25, 0.3) is 0 Å². The van der Waals surface area contributed by atoms with E-state index in [0.717, 1.165) is 12.2 Å². The number of rotatable bonds is 5. The lowest BCUT2D eigenvalue weighted by Gasteiger charge is -2.11. The molecule has 0 aliphatic rings. The molecule has 0 aliphatic carbocycles. The second-order valence-corrected chi connectivity index (χ2v) is 3.87. The average molecular weight is 264 g/mol. The molecule has 0 amide bonds. The highest BCUT2D eigenvalue weighted by Crippen LogP contribution is 2.29. The molecule has 1 N–H and O–H groups in total. The van der Waals surface area contributed by atoms with Crippen molar-refractivity contribution >= 4 is 0 Å². The van der Waals surface area contributed by atoms with Gasteiger partial charge in [0.25, 0.3) is 0 Å². The molecule has 0 aliphatic heterocycles. The highest BCUT2D eigenvalue weighted by atomic mass is 16.5. The highest BCUT2D eigenvalue weighted by Gasteiger charge is 2.22. The Hall–Kier alpha value is -2.08. The number of furan rings is 1. The maximum absolute atomic E-state index is 10.3. The molecule has 2 aromatic heterocycles. The smallest absolute Gasteiger partial charge is 0.241 e. The molecule has 1 atom stereocenters. The van der Waals surface area contributed by atoms with Crippen LogP contribution in [0.15, 0.2) is 22.7 Å². The molecule has 0 saturated carbocycles. The first-order valence-corrected chi connectivity index (χ1v) is 5.91. The number of aliphatic hydroxyl groups is 1. The first-order valence-electron chi connectivity index (χ1n) is 5.91. The molecule has 0 radical (unpaired) electrons. The van der Waals surface area contributed by atoms with E-state index in [1.54, 1.807) is 6.07 Å². The summed E-state index contributed by atoms with van der Waals surface area (Å²) in [4.78, 5) is 8.18. The maximum Gasteiger partial charge on any atom is 0.241 e. The fourth-order valence-corrected chi connectivity index (χ4v) is 1.67. The molecule has 2 heterocycles. The van der Waals surface area contributed by atoms with Crippen LogP contribution in [0.1, 0.15) is 30.2 Å². The number of nitrogens with zero attached hydrogens (tertiary/aromatic N) is 2. The molecule has 0 aromatic carbocycles. The van der Waals surface area contributed by atoms with Gasteiger partial charge in [-0.1, -0.05) is 6.92 Å². The van der Waals surface area contributed by atoms with Gasteiger partial charge in [0.15, 0.2) is 6.10 Å². The molecule has 6 heteroatoms. The molecule has 102 valence electrons. The zero-order valence-electron chi connectivity index (χ0n) is 11.1. The number of aromatic nitrogens is 2. The SMILES string of the molecule is CCc1ccc(C(O)c2ncc(OC)nc2OC)o1. The number of aliphatic hydroxyl groups excluding tert-OH is 1. The van der Waals surface area contributed by atoms with Gasteiger partial charge in [-0.2, -0.15) is 4.98 Å². The van der Waals surface area contributed by atoms with Gasteiger partial charge in [0.2, 0.25) is 11.8 Å². The zero-order valence-corrected chi connectivity index (χ0v) is 11.1. The van der Waals surface area contributed by atoms with Crippen molar-refractivity contribution in [2.75, 3.05) is 14.2 Å². The van der Waals surface area contributed by atoms with Crippen molar-refractivity contribution in [3.8, 4) is 11.8 Å². The third-order valence-electron chi connectivity index (χ3n) is 2.71. The lowest BCUT2D eigenvalue weighted by molar-refractivity contribution is 0.176. The van der Waals surface area contributed by atoms with Gasteiger partial charge in [0, 0.05) is 6.42 Å². The zero-order chi connectivity index (χ0) is 13.8. The minimum absolute atomic E-state index is 0.210. The maximum atomic E-state index is 10.3. The molecule has 2 aromatic rings. The number of hydrogen-bond donors (Lipinski definition) is 1. The van der Waals surface area contributed by atoms with Gasteiger partial charge in [0.1, 0.15) is 17.2 Å². The Morgan fingerprint density at radius 2 is 2.11 bits per heavy atom. The predicted molar refractivity (Wildman–Crippen MR) is 67.3 cm³/mol. The lowest BCUT2D eigenvalue weighted by atomic mass is 10.2. The van der Waals surface area contributed by atoms with Gasteiger partial charge in [-0.05, 0) is 12.1 Å². The third-order valence-corrected chi connectivity index (χ3v) is 2.71. The summed E-state index contributed by atoms with van der Waals surface area (Å²) < 4.78 is 15.6. The Morgan fingerprint density at radius 1 is 1.32 bits per heavy atom. The monoisotopic (exact) mass is 264 g/mol. The summed E-state index contributed by atoms with van der Waals surface area (Å²) in [5.41, 5.74) is 0.292. The Labute approximate surface area is 111 Å². The summed E-state index contributed by atoms with van der Waals surface area (Å²) in [6.07, 6.45) is 1.16. The summed E-state index contributed by atoms with van der Waals surface area (Å²) in [5, 5.41) is 10.3. The van der Waals surface area contributed by atoms with E-state index in [1.165, 1.54) is 20.4 Å². The van der Waals surface area contributed by atoms with Crippen LogP contribution in [0.3, 0.4) is 0 Å². The van der Waals surface area contributed by atoms with E-state index in [1.807, 2.05) is 13.0 Å². The van der Waals surface area contributed by atoms with E-state index in [9.17, 15) is 5.11 Å². The Kier molecular flexibility index (Phi) is 4.01. The first-order chi connectivity index (χ1) is 9.19. The molecule has 0 fully saturated rings. The molecular formula is C13H16N2O4. The van der Waals surface area contributed by atoms with Crippen molar-refractivity contribution in [1.29, 1.82) is 0 Å². The summed E-state index contributed by atoms with van der Waals surface area (Å²) in [5.74, 6) is 1.74. The van der Waals surface area contributed by atoms with E-state index >= 15 is 0 Å². The van der Waals surface area contributed by atoms with Crippen LogP contribution in [0, 0.1) is 0 Å². The molecule has 19 heavy (non-hydrogen) atoms. The fourth-order valence-electron chi connectivity index (χ4n) is 1.67. The van der Waals surface area contributed by atoms with Gasteiger partial charge in [0.05, 0.1) is 20.4 Å². The molecule has 2 rings (SSSR count). The number of hydrogen-bond acceptors (Lipinski definition) is 6. The topological polar surface area (TPSA) is 77.6 Å². The standard InChI is InChI=1S/C13H16N2O4/c1-4-8-5-6-9(19-8)12(16)11-13(18-3)15-10(17-2)7-14-11/h5-7,12,16H,4H2,1-3H3. The predicted octanol–water partition coefficient (Wildman–Crippen LogP) is 1.73. The van der Waals surface area contributed by atoms with Gasteiger partial charge < -0.3 is 19.0 Å². The molecular weight excluding hydrogens is 248 g/mol. The van der Waals surface area contributed by atoms with Crippen molar-refractivity contribution in [1.82, 2.24) is 9.97 Å². The molecule has 0 saturated heterocycles. The summed E-state index contributed by atoms with van der Waals surface area (Å²) in [7, 11) is 2.94. The molecule has 6 nitrogen and oxygen atoms in total. The van der Waals surface area contributed by atoms with Crippen LogP contribution in [-0.2, 0) is 6.42 Å². The van der Waals surface area contributed by atoms with Crippen LogP contribution in [0.2, 0.25) is 0 Å². The summed E-state index contributed by atoms with van der Waals surface area (Å²) in [6.45, 7) is 1.97. The van der Waals surface area contributed by atoms with Crippen molar-refractivity contribution in [2.45, 2.75) is 19.4 Å². The van der Waals surface area contributed by atoms with Crippen molar-refractivity contribution in [3.63, 3.8) is 0 Å². The Balaban J connectivity index is 2.34. The van der Waals surface area contributed by atoms with Crippen LogP contribution in [0.4, 0.5) is 0 Å². The normalized spacial score (nSPS) is 12.2. The van der Waals surface area contributed by atoms with Crippen molar-refractivity contribution in [2.24, 2.45) is 0 Å². The number of methoxy groups -OCH3 is 2. The van der Waals surface area contributed by atoms with Crippen molar-refractivity contribution in [3.05, 3.63) is 35.5 Å². The van der Waals surface area contributed by atoms with Gasteiger partial charge in [-0.3, -0.25) is 0 Å². The third kappa shape index (κ3) is 2.68. The highest BCUT2D eigenvalue weighted by molar-refractivity contribution is 5.29. The molecule has 0 spiro atoms. The average Bonchev–Trinajstić information content (AvgIpc) is 2.94. The molecule has 1 unspecified atom stereocenters. The van der Waals surface area contributed by atoms with E-state index in [-0.39, 0.29) is 5.88 Å². The van der Waals surface area contributed by atoms with Gasteiger partial charge in [-0.25, -0.2) is 4.98 Å². The van der Waals surface area contributed by atoms with E-state index in [0.29, 0.717) is 17.3 Å². The fraction of sp³-hybridized carbons (Fsp3) is 0.385. The van der Waals surface area contributed by atoms with Crippen LogP contribution in [0.5, 0.6) is 11.8 Å². The van der Waals surface area contributed by atoms with Crippen LogP contribution < -0.4 is 9.47 Å². The van der Waals surface area contributed by atoms with Crippen LogP contribution in [-0.4, -0.2) is 29.3 Å². The van der Waals surface area contributed by atoms with E-state index in [4.69, 9.17) is 13.9 Å². The largest absolute Gasteiger partial charge is 0.480 e. The van der Waals surface area contributed by atoms with Gasteiger partial charge >= 0.3 is 0 Å². The van der Waals surface area contributed by atoms with Gasteiger partial charge in [-0.15, -0.1) is 0 Å². The molecule has 0 bridgehead atoms. The minimum atomic E-state index is -1.02. The number of ether oxygens (including phenoxy) is 2. The van der Waals surface area contributed by atoms with Crippen molar-refractivity contribution < 1.29 is 19.0 Å². The Morgan fingerprint density at radius 3 is 2.68 bits per heavy atom. The lowest BCUT2D eigenvalue weighted by Crippen LogP contribution is -2.06. The Bertz CT molecular complexity index is 553. The van der Waals surface area contributed by atoms with Crippen LogP contribution >= 0.6 is 0 Å². The van der Waals surface area contributed by atoms with E-state index < -0.39 is 6.10 Å². The first kappa shape index (κ1) is 13.4. The van der Waals surface area contributed by atoms with E-state index in [2.05, 4.69) is 9.97 Å². The quantitative estimate of drug-likeness (QED) is 0.886. The second-order valence-electron chi connectivity index (χ2n) is 3.87. The summed E-state index contributed by atoms with van der Waals surface area (Å²) >= 11 is 0. The number of aryl methyl sites for hydroxylation is 1. The summed E-state index contributed by atoms with van der Waals surface area (Å²) in [6, 6.07) is 3.54. The second kappa shape index (κ2) is 5.71. The minimum Gasteiger partial charge on any atom is -0.480 e.